The molecule has 1 aromatic rings. The monoisotopic (exact) mass is 288 g/mol. The van der Waals surface area contributed by atoms with E-state index in [-0.39, 0.29) is 17.0 Å². The predicted octanol–water partition coefficient (Wildman–Crippen LogP) is 1.05. The van der Waals surface area contributed by atoms with Gasteiger partial charge in [-0.15, -0.1) is 0 Å². The van der Waals surface area contributed by atoms with Crippen molar-refractivity contribution in [2.24, 2.45) is 0 Å². The van der Waals surface area contributed by atoms with Crippen molar-refractivity contribution in [2.45, 2.75) is 13.3 Å². The average Bonchev–Trinajstić information content (AvgIpc) is 2.35. The summed E-state index contributed by atoms with van der Waals surface area (Å²) in [6, 6.07) is 3.95. The number of hydrogen-bond donors (Lipinski definition) is 3. The highest BCUT2D eigenvalue weighted by Gasteiger charge is 2.14. The van der Waals surface area contributed by atoms with Crippen LogP contribution in [0.4, 0.5) is 5.69 Å². The molecule has 0 aromatic heterocycles. The molecule has 0 bridgehead atoms. The minimum atomic E-state index is -3.66. The molecule has 0 fully saturated rings. The molecule has 0 unspecified atom stereocenters. The van der Waals surface area contributed by atoms with Crippen LogP contribution in [0.15, 0.2) is 18.2 Å². The van der Waals surface area contributed by atoms with Gasteiger partial charge in [0, 0.05) is 12.6 Å². The Kier molecular flexibility index (Phi) is 5.13. The van der Waals surface area contributed by atoms with Crippen LogP contribution in [0.5, 0.6) is 5.75 Å². The summed E-state index contributed by atoms with van der Waals surface area (Å²) in [5.74, 6) is -1.06. The van der Waals surface area contributed by atoms with Crippen LogP contribution < -0.4 is 14.2 Å². The molecule has 0 heterocycles. The molecule has 0 aliphatic heterocycles. The molecule has 0 saturated heterocycles. The average molecular weight is 288 g/mol. The molecule has 0 aliphatic carbocycles. The fourth-order valence-corrected chi connectivity index (χ4v) is 2.34. The molecule has 0 spiro atoms. The third kappa shape index (κ3) is 4.42. The second kappa shape index (κ2) is 6.39. The Balaban J connectivity index is 2.95. The Labute approximate surface area is 111 Å². The number of anilines is 1. The largest absolute Gasteiger partial charge is 0.496 e. The number of ether oxygens (including phenoxy) is 1. The Morgan fingerprint density at radius 1 is 1.42 bits per heavy atom. The zero-order valence-electron chi connectivity index (χ0n) is 10.6. The van der Waals surface area contributed by atoms with Gasteiger partial charge >= 0.3 is 5.97 Å². The van der Waals surface area contributed by atoms with E-state index in [4.69, 9.17) is 9.84 Å². The topological polar surface area (TPSA) is 105 Å². The maximum Gasteiger partial charge on any atom is 0.339 e. The first kappa shape index (κ1) is 15.3. The van der Waals surface area contributed by atoms with Gasteiger partial charge in [-0.2, -0.15) is 13.1 Å². The summed E-state index contributed by atoms with van der Waals surface area (Å²) in [7, 11) is -2.34. The van der Waals surface area contributed by atoms with Crippen molar-refractivity contribution in [2.75, 3.05) is 18.4 Å². The van der Waals surface area contributed by atoms with E-state index in [2.05, 4.69) is 9.44 Å². The second-order valence-corrected chi connectivity index (χ2v) is 5.22. The SMILES string of the molecule is CCCNS(=O)(=O)Nc1ccc(C(=O)O)c(OC)c1. The summed E-state index contributed by atoms with van der Waals surface area (Å²) in [4.78, 5) is 10.9. The Morgan fingerprint density at radius 3 is 2.63 bits per heavy atom. The third-order valence-corrected chi connectivity index (χ3v) is 3.31. The summed E-state index contributed by atoms with van der Waals surface area (Å²) in [6.07, 6.45) is 0.669. The lowest BCUT2D eigenvalue weighted by atomic mass is 10.2. The highest BCUT2D eigenvalue weighted by Crippen LogP contribution is 2.23. The van der Waals surface area contributed by atoms with Crippen LogP contribution in [0.25, 0.3) is 0 Å². The molecule has 1 aromatic carbocycles. The number of nitrogens with one attached hydrogen (secondary N) is 2. The zero-order chi connectivity index (χ0) is 14.5. The molecule has 3 N–H and O–H groups in total. The molecule has 0 aliphatic rings. The van der Waals surface area contributed by atoms with Crippen LogP contribution in [0.1, 0.15) is 23.7 Å². The van der Waals surface area contributed by atoms with Crippen LogP contribution in [-0.2, 0) is 10.2 Å². The highest BCUT2D eigenvalue weighted by molar-refractivity contribution is 7.90. The van der Waals surface area contributed by atoms with Gasteiger partial charge in [-0.1, -0.05) is 6.92 Å². The summed E-state index contributed by atoms with van der Waals surface area (Å²) >= 11 is 0. The Hall–Kier alpha value is -1.80. The number of benzene rings is 1. The Bertz CT molecular complexity index is 556. The van der Waals surface area contributed by atoms with Crippen molar-refractivity contribution in [1.29, 1.82) is 0 Å². The molecule has 106 valence electrons. The maximum atomic E-state index is 11.6. The lowest BCUT2D eigenvalue weighted by Crippen LogP contribution is -2.30. The standard InChI is InChI=1S/C11H16N2O5S/c1-3-6-12-19(16,17)13-8-4-5-9(11(14)15)10(7-8)18-2/h4-5,7,12-13H,3,6H2,1-2H3,(H,14,15). The van der Waals surface area contributed by atoms with E-state index in [1.807, 2.05) is 6.92 Å². The first-order valence-electron chi connectivity index (χ1n) is 5.58. The van der Waals surface area contributed by atoms with Gasteiger partial charge in [-0.3, -0.25) is 4.72 Å². The maximum absolute atomic E-state index is 11.6. The van der Waals surface area contributed by atoms with Crippen LogP contribution in [0.3, 0.4) is 0 Å². The van der Waals surface area contributed by atoms with Crippen LogP contribution in [-0.4, -0.2) is 33.1 Å². The summed E-state index contributed by atoms with van der Waals surface area (Å²) < 4.78 is 32.7. The molecule has 1 rings (SSSR count). The van der Waals surface area contributed by atoms with Gasteiger partial charge in [0.25, 0.3) is 10.2 Å². The lowest BCUT2D eigenvalue weighted by molar-refractivity contribution is 0.0693. The van der Waals surface area contributed by atoms with Crippen LogP contribution in [0.2, 0.25) is 0 Å². The minimum absolute atomic E-state index is 0.0352. The number of aromatic carboxylic acids is 1. The number of methoxy groups -OCH3 is 1. The lowest BCUT2D eigenvalue weighted by Gasteiger charge is -2.11. The smallest absolute Gasteiger partial charge is 0.339 e. The summed E-state index contributed by atoms with van der Waals surface area (Å²) in [5, 5.41) is 8.91. The quantitative estimate of drug-likeness (QED) is 0.695. The van der Waals surface area contributed by atoms with Crippen LogP contribution in [0, 0.1) is 0 Å². The van der Waals surface area contributed by atoms with Gasteiger partial charge in [0.2, 0.25) is 0 Å². The number of hydrogen-bond acceptors (Lipinski definition) is 4. The van der Waals surface area contributed by atoms with Gasteiger partial charge in [-0.25, -0.2) is 4.79 Å². The molecule has 0 atom stereocenters. The van der Waals surface area contributed by atoms with Crippen molar-refractivity contribution >= 4 is 21.9 Å². The van der Waals surface area contributed by atoms with E-state index in [1.54, 1.807) is 0 Å². The van der Waals surface area contributed by atoms with Gasteiger partial charge < -0.3 is 9.84 Å². The highest BCUT2D eigenvalue weighted by atomic mass is 32.2. The third-order valence-electron chi connectivity index (χ3n) is 2.23. The molecule has 7 nitrogen and oxygen atoms in total. The van der Waals surface area contributed by atoms with Crippen molar-refractivity contribution in [1.82, 2.24) is 4.72 Å². The number of rotatable bonds is 7. The van der Waals surface area contributed by atoms with Gasteiger partial charge in [0.15, 0.2) is 0 Å². The fraction of sp³-hybridized carbons (Fsp3) is 0.364. The number of carbonyl (C=O) groups is 1. The van der Waals surface area contributed by atoms with Crippen molar-refractivity contribution in [3.63, 3.8) is 0 Å². The molecule has 0 saturated carbocycles. The van der Waals surface area contributed by atoms with Crippen LogP contribution >= 0.6 is 0 Å². The van der Waals surface area contributed by atoms with Crippen molar-refractivity contribution < 1.29 is 23.1 Å². The first-order chi connectivity index (χ1) is 8.89. The molecule has 19 heavy (non-hydrogen) atoms. The van der Waals surface area contributed by atoms with Gasteiger partial charge in [0.05, 0.1) is 12.8 Å². The van der Waals surface area contributed by atoms with Gasteiger partial charge in [0.1, 0.15) is 11.3 Å². The molecular formula is C11H16N2O5S. The van der Waals surface area contributed by atoms with E-state index in [0.717, 1.165) is 0 Å². The predicted molar refractivity (Wildman–Crippen MR) is 70.8 cm³/mol. The van der Waals surface area contributed by atoms with Gasteiger partial charge in [-0.05, 0) is 18.6 Å². The molecule has 0 radical (unpaired) electrons. The summed E-state index contributed by atoms with van der Waals surface area (Å²) in [6.45, 7) is 2.16. The minimum Gasteiger partial charge on any atom is -0.496 e. The Morgan fingerprint density at radius 2 is 2.11 bits per heavy atom. The fourth-order valence-electron chi connectivity index (χ4n) is 1.36. The van der Waals surface area contributed by atoms with E-state index >= 15 is 0 Å². The number of carboxylic acid groups (broad SMARTS) is 1. The van der Waals surface area contributed by atoms with Crippen molar-refractivity contribution in [3.05, 3.63) is 23.8 Å². The van der Waals surface area contributed by atoms with E-state index in [1.165, 1.54) is 25.3 Å². The second-order valence-electron chi connectivity index (χ2n) is 3.72. The normalized spacial score (nSPS) is 11.1. The summed E-state index contributed by atoms with van der Waals surface area (Å²) in [5.41, 5.74) is 0.192. The van der Waals surface area contributed by atoms with E-state index < -0.39 is 16.2 Å². The van der Waals surface area contributed by atoms with E-state index in [0.29, 0.717) is 13.0 Å². The zero-order valence-corrected chi connectivity index (χ0v) is 11.5. The number of carboxylic acids is 1. The first-order valence-corrected chi connectivity index (χ1v) is 7.06. The van der Waals surface area contributed by atoms with E-state index in [9.17, 15) is 13.2 Å². The van der Waals surface area contributed by atoms with Crippen molar-refractivity contribution in [3.8, 4) is 5.75 Å². The molecule has 0 amide bonds. The molecule has 8 heteroatoms. The molecular weight excluding hydrogens is 272 g/mol.